The minimum Gasteiger partial charge on any atom is -0.476 e. The maximum atomic E-state index is 12.2. The third kappa shape index (κ3) is 4.65. The van der Waals surface area contributed by atoms with Gasteiger partial charge in [0.05, 0.1) is 4.92 Å². The summed E-state index contributed by atoms with van der Waals surface area (Å²) in [5.74, 6) is -0.534. The molecule has 1 saturated heterocycles. The minimum absolute atomic E-state index is 0.0603. The lowest BCUT2D eigenvalue weighted by Crippen LogP contribution is -2.49. The summed E-state index contributed by atoms with van der Waals surface area (Å²) < 4.78 is 5.16. The fraction of sp³-hybridized carbons (Fsp3) is 0.571. The first-order chi connectivity index (χ1) is 11.0. The van der Waals surface area contributed by atoms with Crippen molar-refractivity contribution in [1.29, 1.82) is 0 Å². The predicted octanol–water partition coefficient (Wildman–Crippen LogP) is 1.55. The van der Waals surface area contributed by atoms with Crippen molar-refractivity contribution in [3.8, 4) is 5.75 Å². The minimum atomic E-state index is -0.637. The Morgan fingerprint density at radius 1 is 1.43 bits per heavy atom. The van der Waals surface area contributed by atoms with Gasteiger partial charge in [-0.1, -0.05) is 11.3 Å². The van der Waals surface area contributed by atoms with Crippen LogP contribution in [0.1, 0.15) is 26.2 Å². The van der Waals surface area contributed by atoms with Crippen molar-refractivity contribution in [2.75, 3.05) is 19.7 Å². The number of carbonyl (C=O) groups is 2. The molecule has 23 heavy (non-hydrogen) atoms. The Bertz CT molecular complexity index is 583. The second-order valence-electron chi connectivity index (χ2n) is 5.31. The second-order valence-corrected chi connectivity index (χ2v) is 6.21. The van der Waals surface area contributed by atoms with E-state index >= 15 is 0 Å². The van der Waals surface area contributed by atoms with Crippen molar-refractivity contribution in [3.05, 3.63) is 21.6 Å². The van der Waals surface area contributed by atoms with Crippen molar-refractivity contribution in [3.63, 3.8) is 0 Å². The standard InChI is InChI=1S/C14H19N3O5S/c1-10(13(19)16-6-3-2-4-7-16)15-12(18)9-22-11-5-8-23-14(11)17(20)21/h5,8,10H,2-4,6-7,9H2,1H3,(H,15,18)/t10-/m0/s1. The third-order valence-corrected chi connectivity index (χ3v) is 4.40. The zero-order valence-electron chi connectivity index (χ0n) is 12.8. The number of nitrogens with zero attached hydrogens (tertiary/aromatic N) is 2. The molecular weight excluding hydrogens is 322 g/mol. The lowest BCUT2D eigenvalue weighted by atomic mass is 10.1. The molecule has 0 radical (unpaired) electrons. The summed E-state index contributed by atoms with van der Waals surface area (Å²) in [5, 5.41) is 14.7. The summed E-state index contributed by atoms with van der Waals surface area (Å²) in [6.45, 7) is 2.70. The monoisotopic (exact) mass is 341 g/mol. The van der Waals surface area contributed by atoms with Gasteiger partial charge >= 0.3 is 5.00 Å². The molecule has 1 N–H and O–H groups in total. The second kappa shape index (κ2) is 7.91. The van der Waals surface area contributed by atoms with E-state index in [1.807, 2.05) is 0 Å². The Morgan fingerprint density at radius 3 is 2.78 bits per heavy atom. The molecule has 8 nitrogen and oxygen atoms in total. The van der Waals surface area contributed by atoms with E-state index in [0.717, 1.165) is 43.7 Å². The summed E-state index contributed by atoms with van der Waals surface area (Å²) in [7, 11) is 0. The van der Waals surface area contributed by atoms with Crippen LogP contribution in [0.15, 0.2) is 11.4 Å². The van der Waals surface area contributed by atoms with Crippen LogP contribution >= 0.6 is 11.3 Å². The number of ether oxygens (including phenoxy) is 1. The lowest BCUT2D eigenvalue weighted by molar-refractivity contribution is -0.381. The molecule has 1 aromatic rings. The van der Waals surface area contributed by atoms with Crippen LogP contribution in [-0.4, -0.2) is 47.4 Å². The van der Waals surface area contributed by atoms with E-state index in [0.29, 0.717) is 0 Å². The molecule has 1 aliphatic rings. The van der Waals surface area contributed by atoms with E-state index in [1.54, 1.807) is 11.8 Å². The molecule has 0 bridgehead atoms. The van der Waals surface area contributed by atoms with Crippen molar-refractivity contribution in [2.24, 2.45) is 0 Å². The van der Waals surface area contributed by atoms with Gasteiger partial charge in [-0.2, -0.15) is 0 Å². The van der Waals surface area contributed by atoms with E-state index in [2.05, 4.69) is 5.32 Å². The molecule has 2 amide bonds. The van der Waals surface area contributed by atoms with Crippen LogP contribution in [0.2, 0.25) is 0 Å². The Hall–Kier alpha value is -2.16. The summed E-state index contributed by atoms with van der Waals surface area (Å²) in [5.41, 5.74) is 0. The number of carbonyl (C=O) groups excluding carboxylic acids is 2. The number of hydrogen-bond donors (Lipinski definition) is 1. The molecule has 9 heteroatoms. The SMILES string of the molecule is C[C@H](NC(=O)COc1ccsc1[N+](=O)[O-])C(=O)N1CCCCC1. The first kappa shape index (κ1) is 17.2. The van der Waals surface area contributed by atoms with Gasteiger partial charge < -0.3 is 15.0 Å². The molecule has 2 heterocycles. The number of hydrogen-bond acceptors (Lipinski definition) is 6. The fourth-order valence-electron chi connectivity index (χ4n) is 2.41. The topological polar surface area (TPSA) is 102 Å². The molecule has 0 saturated carbocycles. The van der Waals surface area contributed by atoms with E-state index in [9.17, 15) is 19.7 Å². The average Bonchev–Trinajstić information content (AvgIpc) is 3.01. The summed E-state index contributed by atoms with van der Waals surface area (Å²) in [6, 6.07) is 0.805. The van der Waals surface area contributed by atoms with Crippen molar-refractivity contribution in [2.45, 2.75) is 32.2 Å². The molecule has 126 valence electrons. The summed E-state index contributed by atoms with van der Waals surface area (Å²) in [6.07, 6.45) is 3.09. The van der Waals surface area contributed by atoms with Gasteiger partial charge in [0.2, 0.25) is 11.7 Å². The predicted molar refractivity (Wildman–Crippen MR) is 84.5 cm³/mol. The van der Waals surface area contributed by atoms with Crippen LogP contribution in [0, 0.1) is 10.1 Å². The normalized spacial score (nSPS) is 15.8. The zero-order chi connectivity index (χ0) is 16.8. The lowest BCUT2D eigenvalue weighted by Gasteiger charge is -2.29. The number of piperidine rings is 1. The van der Waals surface area contributed by atoms with Gasteiger partial charge in [-0.15, -0.1) is 0 Å². The molecule has 0 spiro atoms. The van der Waals surface area contributed by atoms with E-state index in [-0.39, 0.29) is 23.3 Å². The number of thiophene rings is 1. The largest absolute Gasteiger partial charge is 0.476 e. The zero-order valence-corrected chi connectivity index (χ0v) is 13.6. The third-order valence-electron chi connectivity index (χ3n) is 3.55. The molecule has 2 rings (SSSR count). The van der Waals surface area contributed by atoms with E-state index in [4.69, 9.17) is 4.74 Å². The van der Waals surface area contributed by atoms with Gasteiger partial charge in [0.25, 0.3) is 5.91 Å². The van der Waals surface area contributed by atoms with Crippen LogP contribution in [0.3, 0.4) is 0 Å². The number of amides is 2. The summed E-state index contributed by atoms with van der Waals surface area (Å²) in [4.78, 5) is 36.0. The molecule has 1 aliphatic heterocycles. The van der Waals surface area contributed by atoms with Gasteiger partial charge in [0.1, 0.15) is 6.04 Å². The number of rotatable bonds is 6. The van der Waals surface area contributed by atoms with Crippen molar-refractivity contribution >= 4 is 28.2 Å². The maximum absolute atomic E-state index is 12.2. The van der Waals surface area contributed by atoms with Crippen molar-refractivity contribution < 1.29 is 19.2 Å². The molecule has 1 aromatic heterocycles. The van der Waals surface area contributed by atoms with Gasteiger partial charge in [0.15, 0.2) is 6.61 Å². The molecule has 1 atom stereocenters. The molecule has 0 aromatic carbocycles. The Labute approximate surface area is 137 Å². The van der Waals surface area contributed by atoms with Crippen LogP contribution in [0.25, 0.3) is 0 Å². The van der Waals surface area contributed by atoms with Crippen molar-refractivity contribution in [1.82, 2.24) is 10.2 Å². The Kier molecular flexibility index (Phi) is 5.91. The first-order valence-corrected chi connectivity index (χ1v) is 8.30. The summed E-state index contributed by atoms with van der Waals surface area (Å²) >= 11 is 0.930. The Morgan fingerprint density at radius 2 is 2.13 bits per heavy atom. The first-order valence-electron chi connectivity index (χ1n) is 7.42. The number of likely N-dealkylation sites (tertiary alicyclic amines) is 1. The highest BCUT2D eigenvalue weighted by molar-refractivity contribution is 7.13. The number of nitro groups is 1. The van der Waals surface area contributed by atoms with Crippen LogP contribution < -0.4 is 10.1 Å². The highest BCUT2D eigenvalue weighted by Crippen LogP contribution is 2.32. The van der Waals surface area contributed by atoms with Gasteiger partial charge in [0, 0.05) is 18.5 Å². The van der Waals surface area contributed by atoms with E-state index < -0.39 is 16.9 Å². The smallest absolute Gasteiger partial charge is 0.365 e. The molecular formula is C14H19N3O5S. The van der Waals surface area contributed by atoms with Crippen LogP contribution in [-0.2, 0) is 9.59 Å². The fourth-order valence-corrected chi connectivity index (χ4v) is 3.06. The maximum Gasteiger partial charge on any atom is 0.365 e. The van der Waals surface area contributed by atoms with E-state index in [1.165, 1.54) is 11.4 Å². The Balaban J connectivity index is 1.80. The highest BCUT2D eigenvalue weighted by atomic mass is 32.1. The quantitative estimate of drug-likeness (QED) is 0.625. The van der Waals surface area contributed by atoms with Gasteiger partial charge in [-0.25, -0.2) is 0 Å². The highest BCUT2D eigenvalue weighted by Gasteiger charge is 2.24. The van der Waals surface area contributed by atoms with Gasteiger partial charge in [-0.05, 0) is 32.3 Å². The van der Waals surface area contributed by atoms with Gasteiger partial charge in [-0.3, -0.25) is 19.7 Å². The van der Waals surface area contributed by atoms with Crippen LogP contribution in [0.5, 0.6) is 5.75 Å². The average molecular weight is 341 g/mol. The molecule has 1 fully saturated rings. The molecule has 0 unspecified atom stereocenters. The van der Waals surface area contributed by atoms with Crippen LogP contribution in [0.4, 0.5) is 5.00 Å². The number of nitrogens with one attached hydrogen (secondary N) is 1. The molecule has 0 aliphatic carbocycles.